The molecule has 0 heterocycles. The minimum absolute atomic E-state index is 0.204. The standard InChI is InChI=1S/C14H17ClO3/c1-17-12-6-5-10(7-13(12)18-2)11(8-14(15)16)9-3-4-9/h5-7,9,11H,3-4,8H2,1-2H3. The fourth-order valence-electron chi connectivity index (χ4n) is 2.31. The SMILES string of the molecule is COc1ccc(C(CC(=O)Cl)C2CC2)cc1OC. The summed E-state index contributed by atoms with van der Waals surface area (Å²) in [5, 5.41) is -0.276. The second-order valence-electron chi connectivity index (χ2n) is 4.62. The summed E-state index contributed by atoms with van der Waals surface area (Å²) in [6.07, 6.45) is 2.73. The van der Waals surface area contributed by atoms with Gasteiger partial charge in [0.2, 0.25) is 5.24 Å². The molecule has 1 aliphatic rings. The molecule has 0 amide bonds. The third-order valence-electron chi connectivity index (χ3n) is 3.41. The van der Waals surface area contributed by atoms with E-state index in [2.05, 4.69) is 0 Å². The van der Waals surface area contributed by atoms with Crippen molar-refractivity contribution in [3.63, 3.8) is 0 Å². The van der Waals surface area contributed by atoms with Crippen LogP contribution in [-0.2, 0) is 4.79 Å². The van der Waals surface area contributed by atoms with Gasteiger partial charge < -0.3 is 9.47 Å². The second kappa shape index (κ2) is 5.61. The molecular formula is C14H17ClO3. The smallest absolute Gasteiger partial charge is 0.222 e. The van der Waals surface area contributed by atoms with E-state index in [0.29, 0.717) is 23.8 Å². The van der Waals surface area contributed by atoms with Gasteiger partial charge in [-0.05, 0) is 54.0 Å². The van der Waals surface area contributed by atoms with Crippen LogP contribution < -0.4 is 9.47 Å². The molecular weight excluding hydrogens is 252 g/mol. The fraction of sp³-hybridized carbons (Fsp3) is 0.500. The van der Waals surface area contributed by atoms with E-state index in [4.69, 9.17) is 21.1 Å². The van der Waals surface area contributed by atoms with Crippen molar-refractivity contribution in [2.24, 2.45) is 5.92 Å². The van der Waals surface area contributed by atoms with Gasteiger partial charge in [-0.15, -0.1) is 0 Å². The third-order valence-corrected chi connectivity index (χ3v) is 3.56. The van der Waals surface area contributed by atoms with Crippen LogP contribution in [0.5, 0.6) is 11.5 Å². The first kappa shape index (κ1) is 13.2. The lowest BCUT2D eigenvalue weighted by Gasteiger charge is -2.17. The van der Waals surface area contributed by atoms with Gasteiger partial charge in [0.25, 0.3) is 0 Å². The van der Waals surface area contributed by atoms with E-state index < -0.39 is 0 Å². The van der Waals surface area contributed by atoms with Crippen LogP contribution in [0.1, 0.15) is 30.7 Å². The zero-order chi connectivity index (χ0) is 13.1. The van der Waals surface area contributed by atoms with Gasteiger partial charge in [-0.3, -0.25) is 4.79 Å². The lowest BCUT2D eigenvalue weighted by Crippen LogP contribution is -2.06. The molecule has 3 nitrogen and oxygen atoms in total. The number of halogens is 1. The van der Waals surface area contributed by atoms with Crippen molar-refractivity contribution in [1.82, 2.24) is 0 Å². The Morgan fingerprint density at radius 1 is 1.33 bits per heavy atom. The Kier molecular flexibility index (Phi) is 4.12. The molecule has 0 saturated heterocycles. The van der Waals surface area contributed by atoms with Crippen molar-refractivity contribution in [1.29, 1.82) is 0 Å². The summed E-state index contributed by atoms with van der Waals surface area (Å²) in [7, 11) is 3.22. The summed E-state index contributed by atoms with van der Waals surface area (Å²) in [5.74, 6) is 2.18. The van der Waals surface area contributed by atoms with Crippen LogP contribution in [0.3, 0.4) is 0 Å². The molecule has 2 rings (SSSR count). The van der Waals surface area contributed by atoms with Gasteiger partial charge in [0.05, 0.1) is 14.2 Å². The second-order valence-corrected chi connectivity index (χ2v) is 5.04. The predicted octanol–water partition coefficient (Wildman–Crippen LogP) is 3.35. The molecule has 1 aromatic rings. The maximum absolute atomic E-state index is 11.1. The zero-order valence-electron chi connectivity index (χ0n) is 10.6. The van der Waals surface area contributed by atoms with Crippen LogP contribution in [0, 0.1) is 5.92 Å². The van der Waals surface area contributed by atoms with Crippen LogP contribution >= 0.6 is 11.6 Å². The van der Waals surface area contributed by atoms with Crippen molar-refractivity contribution in [3.05, 3.63) is 23.8 Å². The molecule has 1 aromatic carbocycles. The van der Waals surface area contributed by atoms with Gasteiger partial charge in [-0.2, -0.15) is 0 Å². The topological polar surface area (TPSA) is 35.5 Å². The first-order valence-electron chi connectivity index (χ1n) is 6.06. The predicted molar refractivity (Wildman–Crippen MR) is 70.5 cm³/mol. The number of carbonyl (C=O) groups excluding carboxylic acids is 1. The highest BCUT2D eigenvalue weighted by atomic mass is 35.5. The Hall–Kier alpha value is -1.22. The Morgan fingerprint density at radius 3 is 2.50 bits per heavy atom. The summed E-state index contributed by atoms with van der Waals surface area (Å²) in [5.41, 5.74) is 1.10. The van der Waals surface area contributed by atoms with Gasteiger partial charge in [0, 0.05) is 6.42 Å². The van der Waals surface area contributed by atoms with E-state index >= 15 is 0 Å². The normalized spacial score (nSPS) is 16.2. The molecule has 0 spiro atoms. The van der Waals surface area contributed by atoms with Crippen molar-refractivity contribution < 1.29 is 14.3 Å². The largest absolute Gasteiger partial charge is 0.493 e. The lowest BCUT2D eigenvalue weighted by atomic mass is 9.91. The molecule has 0 N–H and O–H groups in total. The molecule has 0 aromatic heterocycles. The Labute approximate surface area is 112 Å². The maximum atomic E-state index is 11.1. The maximum Gasteiger partial charge on any atom is 0.222 e. The van der Waals surface area contributed by atoms with Crippen LogP contribution in [0.15, 0.2) is 18.2 Å². The van der Waals surface area contributed by atoms with E-state index in [0.717, 1.165) is 5.56 Å². The Morgan fingerprint density at radius 2 is 2.00 bits per heavy atom. The molecule has 1 saturated carbocycles. The highest BCUT2D eigenvalue weighted by Gasteiger charge is 2.33. The van der Waals surface area contributed by atoms with E-state index in [-0.39, 0.29) is 11.2 Å². The van der Waals surface area contributed by atoms with Gasteiger partial charge >= 0.3 is 0 Å². The van der Waals surface area contributed by atoms with Gasteiger partial charge in [-0.1, -0.05) is 6.07 Å². The number of benzene rings is 1. The van der Waals surface area contributed by atoms with Gasteiger partial charge in [0.1, 0.15) is 0 Å². The van der Waals surface area contributed by atoms with E-state index in [1.165, 1.54) is 12.8 Å². The minimum atomic E-state index is -0.276. The molecule has 0 aliphatic heterocycles. The molecule has 98 valence electrons. The molecule has 18 heavy (non-hydrogen) atoms. The number of methoxy groups -OCH3 is 2. The lowest BCUT2D eigenvalue weighted by molar-refractivity contribution is -0.112. The molecule has 1 fully saturated rings. The van der Waals surface area contributed by atoms with Crippen LogP contribution in [0.25, 0.3) is 0 Å². The van der Waals surface area contributed by atoms with Crippen LogP contribution in [-0.4, -0.2) is 19.5 Å². The Bertz CT molecular complexity index is 441. The molecule has 0 bridgehead atoms. The summed E-state index contributed by atoms with van der Waals surface area (Å²) < 4.78 is 10.5. The molecule has 0 radical (unpaired) electrons. The van der Waals surface area contributed by atoms with Crippen molar-refractivity contribution in [2.75, 3.05) is 14.2 Å². The Balaban J connectivity index is 2.26. The molecule has 1 atom stereocenters. The van der Waals surface area contributed by atoms with Crippen molar-refractivity contribution in [3.8, 4) is 11.5 Å². The van der Waals surface area contributed by atoms with Crippen molar-refractivity contribution in [2.45, 2.75) is 25.2 Å². The van der Waals surface area contributed by atoms with E-state index in [1.807, 2.05) is 18.2 Å². The summed E-state index contributed by atoms with van der Waals surface area (Å²) in [6.45, 7) is 0. The third kappa shape index (κ3) is 2.96. The summed E-state index contributed by atoms with van der Waals surface area (Å²) in [4.78, 5) is 11.1. The van der Waals surface area contributed by atoms with Gasteiger partial charge in [0.15, 0.2) is 11.5 Å². The number of ether oxygens (including phenoxy) is 2. The highest BCUT2D eigenvalue weighted by molar-refractivity contribution is 6.63. The highest BCUT2D eigenvalue weighted by Crippen LogP contribution is 2.46. The number of rotatable bonds is 6. The summed E-state index contributed by atoms with van der Waals surface area (Å²) >= 11 is 5.53. The van der Waals surface area contributed by atoms with E-state index in [9.17, 15) is 4.79 Å². The number of hydrogen-bond donors (Lipinski definition) is 0. The van der Waals surface area contributed by atoms with Gasteiger partial charge in [-0.25, -0.2) is 0 Å². The first-order chi connectivity index (χ1) is 8.65. The number of hydrogen-bond acceptors (Lipinski definition) is 3. The molecule has 4 heteroatoms. The molecule has 1 aliphatic carbocycles. The van der Waals surface area contributed by atoms with E-state index in [1.54, 1.807) is 14.2 Å². The average Bonchev–Trinajstić information content (AvgIpc) is 3.19. The zero-order valence-corrected chi connectivity index (χ0v) is 11.4. The van der Waals surface area contributed by atoms with Crippen LogP contribution in [0.2, 0.25) is 0 Å². The minimum Gasteiger partial charge on any atom is -0.493 e. The van der Waals surface area contributed by atoms with Crippen LogP contribution in [0.4, 0.5) is 0 Å². The summed E-state index contributed by atoms with van der Waals surface area (Å²) in [6, 6.07) is 5.81. The number of carbonyl (C=O) groups is 1. The average molecular weight is 269 g/mol. The van der Waals surface area contributed by atoms with Crippen molar-refractivity contribution >= 4 is 16.8 Å². The molecule has 1 unspecified atom stereocenters. The fourth-order valence-corrected chi connectivity index (χ4v) is 2.48. The quantitative estimate of drug-likeness (QED) is 0.742. The monoisotopic (exact) mass is 268 g/mol. The first-order valence-corrected chi connectivity index (χ1v) is 6.43.